The topological polar surface area (TPSA) is 64.9 Å². The molecule has 0 unspecified atom stereocenters. The van der Waals surface area contributed by atoms with Crippen molar-refractivity contribution >= 4 is 38.1 Å². The van der Waals surface area contributed by atoms with Gasteiger partial charge < -0.3 is 20.4 Å². The summed E-state index contributed by atoms with van der Waals surface area (Å²) in [6.45, 7) is 5.59. The van der Waals surface area contributed by atoms with Gasteiger partial charge in [-0.25, -0.2) is 9.37 Å². The van der Waals surface area contributed by atoms with Crippen LogP contribution in [0.3, 0.4) is 0 Å². The van der Waals surface area contributed by atoms with E-state index in [0.29, 0.717) is 16.8 Å². The Labute approximate surface area is 207 Å². The fraction of sp³-hybridized carbons (Fsp3) is 0.385. The van der Waals surface area contributed by atoms with E-state index in [9.17, 15) is 4.79 Å². The Balaban J connectivity index is 1.23. The lowest BCUT2D eigenvalue weighted by Gasteiger charge is -2.29. The molecule has 6 rings (SSSR count). The quantitative estimate of drug-likeness (QED) is 0.456. The zero-order valence-corrected chi connectivity index (χ0v) is 20.6. The largest absolute Gasteiger partial charge is 0.369 e. The number of aromatic nitrogens is 2. The summed E-state index contributed by atoms with van der Waals surface area (Å²) in [6.07, 6.45) is 3.84. The van der Waals surface area contributed by atoms with E-state index in [1.807, 2.05) is 40.9 Å². The van der Waals surface area contributed by atoms with Crippen LogP contribution in [0.2, 0.25) is 0 Å². The van der Waals surface area contributed by atoms with E-state index in [1.165, 1.54) is 11.3 Å². The van der Waals surface area contributed by atoms with Gasteiger partial charge in [0, 0.05) is 55.2 Å². The van der Waals surface area contributed by atoms with Crippen LogP contribution in [0.15, 0.2) is 42.6 Å². The van der Waals surface area contributed by atoms with Crippen LogP contribution >= 0.6 is 11.3 Å². The summed E-state index contributed by atoms with van der Waals surface area (Å²) in [5.74, 6) is -0.288. The van der Waals surface area contributed by atoms with Gasteiger partial charge in [0.2, 0.25) is 0 Å². The normalized spacial score (nSPS) is 17.9. The zero-order valence-electron chi connectivity index (χ0n) is 19.8. The van der Waals surface area contributed by atoms with Gasteiger partial charge in [0.15, 0.2) is 4.96 Å². The van der Waals surface area contributed by atoms with Crippen LogP contribution in [0, 0.1) is 5.82 Å². The number of amides is 1. The molecule has 9 heteroatoms. The highest BCUT2D eigenvalue weighted by atomic mass is 32.1. The molecule has 182 valence electrons. The molecule has 2 aliphatic heterocycles. The molecule has 0 bridgehead atoms. The number of anilines is 1. The van der Waals surface area contributed by atoms with Crippen molar-refractivity contribution < 1.29 is 9.18 Å². The lowest BCUT2D eigenvalue weighted by molar-refractivity contribution is 0.0917. The Morgan fingerprint density at radius 3 is 2.69 bits per heavy atom. The van der Waals surface area contributed by atoms with Gasteiger partial charge in [-0.2, -0.15) is 0 Å². The van der Waals surface area contributed by atoms with E-state index in [1.54, 1.807) is 6.07 Å². The molecule has 0 spiro atoms. The molecule has 0 radical (unpaired) electrons. The average Bonchev–Trinajstić information content (AvgIpc) is 3.43. The van der Waals surface area contributed by atoms with Crippen LogP contribution in [-0.2, 0) is 0 Å². The molecule has 4 aromatic rings. The van der Waals surface area contributed by atoms with E-state index in [0.717, 1.165) is 73.0 Å². The van der Waals surface area contributed by atoms with Crippen molar-refractivity contribution in [2.75, 3.05) is 51.2 Å². The molecular weight excluding hydrogens is 463 g/mol. The summed E-state index contributed by atoms with van der Waals surface area (Å²) in [5.41, 5.74) is 3.66. The first-order valence-electron chi connectivity index (χ1n) is 12.2. The summed E-state index contributed by atoms with van der Waals surface area (Å²) >= 11 is 1.51. The maximum atomic E-state index is 15.1. The Kier molecular flexibility index (Phi) is 5.91. The Morgan fingerprint density at radius 1 is 1.11 bits per heavy atom. The molecule has 2 saturated heterocycles. The highest BCUT2D eigenvalue weighted by Crippen LogP contribution is 2.32. The number of imidazole rings is 1. The van der Waals surface area contributed by atoms with Gasteiger partial charge in [-0.05, 0) is 69.4 Å². The van der Waals surface area contributed by atoms with E-state index in [4.69, 9.17) is 4.98 Å². The fourth-order valence-corrected chi connectivity index (χ4v) is 6.07. The number of halogens is 1. The Bertz CT molecular complexity index is 1380. The summed E-state index contributed by atoms with van der Waals surface area (Å²) < 4.78 is 18.0. The number of nitrogens with zero attached hydrogens (tertiary/aromatic N) is 4. The van der Waals surface area contributed by atoms with E-state index < -0.39 is 0 Å². The summed E-state index contributed by atoms with van der Waals surface area (Å²) in [5, 5.41) is 6.50. The summed E-state index contributed by atoms with van der Waals surface area (Å²) in [7, 11) is 2.11. The molecule has 1 amide bonds. The lowest BCUT2D eigenvalue weighted by atomic mass is 10.0. The Morgan fingerprint density at radius 2 is 1.91 bits per heavy atom. The number of fused-ring (bicyclic) bond motifs is 3. The molecule has 0 aliphatic carbocycles. The smallest absolute Gasteiger partial charge is 0.251 e. The fourth-order valence-electron chi connectivity index (χ4n) is 5.03. The number of hydrogen-bond donors (Lipinski definition) is 2. The van der Waals surface area contributed by atoms with E-state index in [2.05, 4.69) is 27.5 Å². The number of hydrogen-bond acceptors (Lipinski definition) is 6. The first-order chi connectivity index (χ1) is 17.0. The number of benzene rings is 2. The van der Waals surface area contributed by atoms with Crippen molar-refractivity contribution in [2.24, 2.45) is 0 Å². The van der Waals surface area contributed by atoms with Crippen molar-refractivity contribution in [3.8, 4) is 11.3 Å². The molecule has 2 aromatic carbocycles. The third-order valence-electron chi connectivity index (χ3n) is 7.12. The number of likely N-dealkylation sites (tertiary alicyclic amines) is 1. The van der Waals surface area contributed by atoms with Crippen LogP contribution in [0.5, 0.6) is 0 Å². The minimum absolute atomic E-state index is 0.0279. The van der Waals surface area contributed by atoms with Crippen LogP contribution < -0.4 is 15.5 Å². The van der Waals surface area contributed by atoms with Gasteiger partial charge in [0.25, 0.3) is 5.91 Å². The van der Waals surface area contributed by atoms with Crippen molar-refractivity contribution in [3.05, 3.63) is 54.0 Å². The highest BCUT2D eigenvalue weighted by molar-refractivity contribution is 7.23. The minimum Gasteiger partial charge on any atom is -0.369 e. The SMILES string of the molecule is CN1CCC(NC(=O)c2ccc3c(c2)sc2nc(-c4ccc(N5CCNCC5)cc4F)cn23)CC1. The molecule has 2 aliphatic rings. The molecule has 0 atom stereocenters. The van der Waals surface area contributed by atoms with Gasteiger partial charge in [-0.3, -0.25) is 9.20 Å². The number of piperidine rings is 1. The molecule has 35 heavy (non-hydrogen) atoms. The van der Waals surface area contributed by atoms with Crippen molar-refractivity contribution in [1.82, 2.24) is 24.9 Å². The zero-order chi connectivity index (χ0) is 23.9. The van der Waals surface area contributed by atoms with Crippen LogP contribution in [0.25, 0.3) is 26.4 Å². The van der Waals surface area contributed by atoms with E-state index in [-0.39, 0.29) is 17.8 Å². The van der Waals surface area contributed by atoms with Gasteiger partial charge in [0.05, 0.1) is 15.9 Å². The number of carbonyl (C=O) groups is 1. The first kappa shape index (κ1) is 22.5. The van der Waals surface area contributed by atoms with E-state index >= 15 is 4.39 Å². The second kappa shape index (κ2) is 9.22. The molecule has 4 heterocycles. The van der Waals surface area contributed by atoms with Crippen molar-refractivity contribution in [1.29, 1.82) is 0 Å². The monoisotopic (exact) mass is 492 g/mol. The third kappa shape index (κ3) is 4.39. The second-order valence-electron chi connectivity index (χ2n) is 9.52. The number of thiazole rings is 1. The van der Waals surface area contributed by atoms with Gasteiger partial charge in [-0.1, -0.05) is 11.3 Å². The predicted octanol–water partition coefficient (Wildman–Crippen LogP) is 3.59. The minimum atomic E-state index is -0.260. The molecule has 7 nitrogen and oxygen atoms in total. The van der Waals surface area contributed by atoms with Gasteiger partial charge >= 0.3 is 0 Å². The van der Waals surface area contributed by atoms with Crippen molar-refractivity contribution in [3.63, 3.8) is 0 Å². The second-order valence-corrected chi connectivity index (χ2v) is 10.5. The van der Waals surface area contributed by atoms with Crippen LogP contribution in [0.4, 0.5) is 10.1 Å². The Hall–Kier alpha value is -3.01. The number of rotatable bonds is 4. The molecule has 2 aromatic heterocycles. The molecule has 2 fully saturated rings. The van der Waals surface area contributed by atoms with Gasteiger partial charge in [0.1, 0.15) is 5.82 Å². The average molecular weight is 493 g/mol. The maximum absolute atomic E-state index is 15.1. The molecule has 2 N–H and O–H groups in total. The van der Waals surface area contributed by atoms with Crippen LogP contribution in [-0.4, -0.2) is 72.5 Å². The first-order valence-corrected chi connectivity index (χ1v) is 13.0. The predicted molar refractivity (Wildman–Crippen MR) is 139 cm³/mol. The summed E-state index contributed by atoms with van der Waals surface area (Å²) in [6, 6.07) is 11.4. The summed E-state index contributed by atoms with van der Waals surface area (Å²) in [4.78, 5) is 22.8. The third-order valence-corrected chi connectivity index (χ3v) is 8.14. The lowest BCUT2D eigenvalue weighted by Crippen LogP contribution is -2.43. The maximum Gasteiger partial charge on any atom is 0.251 e. The van der Waals surface area contributed by atoms with Crippen molar-refractivity contribution in [2.45, 2.75) is 18.9 Å². The van der Waals surface area contributed by atoms with Gasteiger partial charge in [-0.15, -0.1) is 0 Å². The number of piperazine rings is 1. The van der Waals surface area contributed by atoms with Crippen LogP contribution in [0.1, 0.15) is 23.2 Å². The molecular formula is C26H29FN6OS. The number of nitrogens with one attached hydrogen (secondary N) is 2. The highest BCUT2D eigenvalue weighted by Gasteiger charge is 2.20. The standard InChI is InChI=1S/C26H29FN6OS/c1-31-10-6-18(7-11-31)29-25(34)17-2-5-23-24(14-17)35-26-30-22(16-33(23)26)20-4-3-19(15-21(20)27)32-12-8-28-9-13-32/h2-5,14-16,18,28H,6-13H2,1H3,(H,29,34). The molecule has 0 saturated carbocycles. The number of carbonyl (C=O) groups excluding carboxylic acids is 1.